The number of hydrogen-bond donors (Lipinski definition) is 2. The molecule has 1 heterocycles. The zero-order valence-corrected chi connectivity index (χ0v) is 12.7. The average molecular weight is 345 g/mol. The number of aromatic hydroxyl groups is 1. The van der Waals surface area contributed by atoms with Crippen molar-refractivity contribution in [2.45, 2.75) is 6.54 Å². The van der Waals surface area contributed by atoms with Crippen molar-refractivity contribution in [3.05, 3.63) is 65.2 Å². The number of nitrogens with zero attached hydrogens (tertiary/aromatic N) is 3. The average Bonchev–Trinajstić information content (AvgIpc) is 3.03. The van der Waals surface area contributed by atoms with Crippen LogP contribution in [0.15, 0.2) is 59.6 Å². The lowest BCUT2D eigenvalue weighted by Gasteiger charge is -2.08. The van der Waals surface area contributed by atoms with Gasteiger partial charge in [0.2, 0.25) is 0 Å². The summed E-state index contributed by atoms with van der Waals surface area (Å²) >= 11 is 3.31. The first kappa shape index (κ1) is 13.6. The quantitative estimate of drug-likeness (QED) is 0.761. The highest BCUT2D eigenvalue weighted by molar-refractivity contribution is 9.10. The molecule has 0 amide bonds. The van der Waals surface area contributed by atoms with Gasteiger partial charge < -0.3 is 10.4 Å². The first-order valence-corrected chi connectivity index (χ1v) is 7.18. The Morgan fingerprint density at radius 1 is 1.14 bits per heavy atom. The van der Waals surface area contributed by atoms with Crippen LogP contribution in [0.2, 0.25) is 0 Å². The summed E-state index contributed by atoms with van der Waals surface area (Å²) in [6.45, 7) is 0.682. The highest BCUT2D eigenvalue weighted by Crippen LogP contribution is 2.24. The van der Waals surface area contributed by atoms with Crippen molar-refractivity contribution < 1.29 is 5.11 Å². The second-order valence-electron chi connectivity index (χ2n) is 4.53. The van der Waals surface area contributed by atoms with Crippen molar-refractivity contribution in [2.24, 2.45) is 0 Å². The topological polar surface area (TPSA) is 63.0 Å². The molecule has 0 saturated heterocycles. The fraction of sp³-hybridized carbons (Fsp3) is 0.0667. The molecule has 2 aromatic carbocycles. The molecule has 0 aliphatic rings. The molecular formula is C15H13BrN4O. The summed E-state index contributed by atoms with van der Waals surface area (Å²) < 4.78 is 2.41. The van der Waals surface area contributed by atoms with E-state index in [0.717, 1.165) is 16.9 Å². The normalized spacial score (nSPS) is 10.5. The molecule has 3 rings (SSSR count). The van der Waals surface area contributed by atoms with Gasteiger partial charge in [0.05, 0.1) is 10.2 Å². The van der Waals surface area contributed by atoms with E-state index in [1.54, 1.807) is 17.1 Å². The maximum absolute atomic E-state index is 9.47. The lowest BCUT2D eigenvalue weighted by atomic mass is 10.2. The number of benzene rings is 2. The zero-order chi connectivity index (χ0) is 14.7. The third-order valence-corrected chi connectivity index (χ3v) is 3.69. The number of phenols is 1. The van der Waals surface area contributed by atoms with Gasteiger partial charge in [0, 0.05) is 12.2 Å². The molecule has 0 radical (unpaired) electrons. The molecule has 1 aromatic heterocycles. The Morgan fingerprint density at radius 2 is 1.95 bits per heavy atom. The molecule has 106 valence electrons. The number of aromatic nitrogens is 3. The molecule has 0 aliphatic heterocycles. The van der Waals surface area contributed by atoms with Gasteiger partial charge in [-0.3, -0.25) is 0 Å². The van der Waals surface area contributed by atoms with Crippen LogP contribution in [-0.4, -0.2) is 19.9 Å². The van der Waals surface area contributed by atoms with Gasteiger partial charge in [-0.1, -0.05) is 6.07 Å². The van der Waals surface area contributed by atoms with Crippen molar-refractivity contribution in [3.8, 4) is 11.4 Å². The van der Waals surface area contributed by atoms with Crippen molar-refractivity contribution >= 4 is 21.6 Å². The molecule has 0 atom stereocenters. The molecule has 6 heteroatoms. The van der Waals surface area contributed by atoms with Crippen LogP contribution in [0.1, 0.15) is 5.56 Å². The molecule has 0 saturated carbocycles. The zero-order valence-electron chi connectivity index (χ0n) is 11.1. The summed E-state index contributed by atoms with van der Waals surface area (Å²) in [5, 5.41) is 16.9. The van der Waals surface area contributed by atoms with E-state index in [0.29, 0.717) is 11.0 Å². The summed E-state index contributed by atoms with van der Waals surface area (Å²) in [6.07, 6.45) is 3.17. The van der Waals surface area contributed by atoms with Gasteiger partial charge in [-0.2, -0.15) is 5.10 Å². The molecule has 3 aromatic rings. The minimum Gasteiger partial charge on any atom is -0.507 e. The highest BCUT2D eigenvalue weighted by atomic mass is 79.9. The van der Waals surface area contributed by atoms with E-state index in [2.05, 4.69) is 31.3 Å². The minimum absolute atomic E-state index is 0.246. The summed E-state index contributed by atoms with van der Waals surface area (Å²) in [5.74, 6) is 0.246. The van der Waals surface area contributed by atoms with Crippen LogP contribution in [0.25, 0.3) is 5.69 Å². The van der Waals surface area contributed by atoms with E-state index in [-0.39, 0.29) is 5.75 Å². The fourth-order valence-corrected chi connectivity index (χ4v) is 2.36. The van der Waals surface area contributed by atoms with Crippen LogP contribution in [0.5, 0.6) is 5.75 Å². The molecule has 0 unspecified atom stereocenters. The van der Waals surface area contributed by atoms with Gasteiger partial charge >= 0.3 is 0 Å². The van der Waals surface area contributed by atoms with E-state index in [1.807, 2.05) is 36.4 Å². The number of nitrogens with one attached hydrogen (secondary N) is 1. The second-order valence-corrected chi connectivity index (χ2v) is 5.38. The van der Waals surface area contributed by atoms with Crippen molar-refractivity contribution in [2.75, 3.05) is 5.32 Å². The standard InChI is InChI=1S/C15H13BrN4O/c16-14-7-11(1-6-15(14)21)8-18-12-2-4-13(5-3-12)20-10-17-9-19-20/h1-7,9-10,18,21H,8H2. The molecule has 5 nitrogen and oxygen atoms in total. The Hall–Kier alpha value is -2.34. The Morgan fingerprint density at radius 3 is 2.62 bits per heavy atom. The number of halogens is 1. The Kier molecular flexibility index (Phi) is 3.87. The van der Waals surface area contributed by atoms with Crippen LogP contribution in [0, 0.1) is 0 Å². The maximum atomic E-state index is 9.47. The number of hydrogen-bond acceptors (Lipinski definition) is 4. The Labute approximate surface area is 130 Å². The Bertz CT molecular complexity index is 726. The summed E-state index contributed by atoms with van der Waals surface area (Å²) in [4.78, 5) is 3.92. The van der Waals surface area contributed by atoms with Gasteiger partial charge in [0.15, 0.2) is 0 Å². The smallest absolute Gasteiger partial charge is 0.138 e. The van der Waals surface area contributed by atoms with E-state index in [9.17, 15) is 5.11 Å². The van der Waals surface area contributed by atoms with Gasteiger partial charge in [0.1, 0.15) is 18.4 Å². The minimum atomic E-state index is 0.246. The van der Waals surface area contributed by atoms with Crippen molar-refractivity contribution in [1.29, 1.82) is 0 Å². The largest absolute Gasteiger partial charge is 0.507 e. The van der Waals surface area contributed by atoms with Gasteiger partial charge in [-0.05, 0) is 57.9 Å². The van der Waals surface area contributed by atoms with E-state index < -0.39 is 0 Å². The number of anilines is 1. The number of phenolic OH excluding ortho intramolecular Hbond substituents is 1. The third kappa shape index (κ3) is 3.22. The third-order valence-electron chi connectivity index (χ3n) is 3.06. The van der Waals surface area contributed by atoms with Crippen LogP contribution >= 0.6 is 15.9 Å². The van der Waals surface area contributed by atoms with Crippen LogP contribution < -0.4 is 5.32 Å². The molecule has 0 spiro atoms. The van der Waals surface area contributed by atoms with Gasteiger partial charge in [-0.25, -0.2) is 9.67 Å². The number of rotatable bonds is 4. The van der Waals surface area contributed by atoms with E-state index in [4.69, 9.17) is 0 Å². The fourth-order valence-electron chi connectivity index (χ4n) is 1.94. The van der Waals surface area contributed by atoms with Crippen LogP contribution in [-0.2, 0) is 6.54 Å². The van der Waals surface area contributed by atoms with Crippen LogP contribution in [0.4, 0.5) is 5.69 Å². The predicted molar refractivity (Wildman–Crippen MR) is 84.5 cm³/mol. The van der Waals surface area contributed by atoms with Crippen molar-refractivity contribution in [3.63, 3.8) is 0 Å². The molecular weight excluding hydrogens is 332 g/mol. The van der Waals surface area contributed by atoms with Crippen LogP contribution in [0.3, 0.4) is 0 Å². The molecule has 0 bridgehead atoms. The summed E-state index contributed by atoms with van der Waals surface area (Å²) in [5.41, 5.74) is 3.06. The van der Waals surface area contributed by atoms with E-state index in [1.165, 1.54) is 6.33 Å². The SMILES string of the molecule is Oc1ccc(CNc2ccc(-n3cncn3)cc2)cc1Br. The molecule has 0 fully saturated rings. The monoisotopic (exact) mass is 344 g/mol. The first-order chi connectivity index (χ1) is 10.2. The predicted octanol–water partition coefficient (Wildman–Crippen LogP) is 3.35. The second kappa shape index (κ2) is 5.97. The van der Waals surface area contributed by atoms with Gasteiger partial charge in [-0.15, -0.1) is 0 Å². The highest BCUT2D eigenvalue weighted by Gasteiger charge is 2.01. The molecule has 0 aliphatic carbocycles. The summed E-state index contributed by atoms with van der Waals surface area (Å²) in [6, 6.07) is 13.4. The first-order valence-electron chi connectivity index (χ1n) is 6.39. The Balaban J connectivity index is 1.66. The summed E-state index contributed by atoms with van der Waals surface area (Å²) in [7, 11) is 0. The maximum Gasteiger partial charge on any atom is 0.138 e. The lowest BCUT2D eigenvalue weighted by molar-refractivity contribution is 0.471. The van der Waals surface area contributed by atoms with E-state index >= 15 is 0 Å². The van der Waals surface area contributed by atoms with Crippen molar-refractivity contribution in [1.82, 2.24) is 14.8 Å². The molecule has 21 heavy (non-hydrogen) atoms. The van der Waals surface area contributed by atoms with Gasteiger partial charge in [0.25, 0.3) is 0 Å². The lowest BCUT2D eigenvalue weighted by Crippen LogP contribution is -2.00. The molecule has 2 N–H and O–H groups in total.